The lowest BCUT2D eigenvalue weighted by Gasteiger charge is -2.16. The zero-order valence-electron chi connectivity index (χ0n) is 12.8. The monoisotopic (exact) mass is 303 g/mol. The number of allylic oxidation sites excluding steroid dienone is 5. The molecule has 0 saturated carbocycles. The van der Waals surface area contributed by atoms with Crippen LogP contribution in [0, 0.1) is 0 Å². The molecule has 0 aliphatic heterocycles. The summed E-state index contributed by atoms with van der Waals surface area (Å²) >= 11 is 0. The highest BCUT2D eigenvalue weighted by Gasteiger charge is 2.39. The first-order valence-electron chi connectivity index (χ1n) is 6.78. The fourth-order valence-corrected chi connectivity index (χ4v) is 2.12. The van der Waals surface area contributed by atoms with Crippen molar-refractivity contribution in [2.75, 3.05) is 7.11 Å². The van der Waals surface area contributed by atoms with Crippen LogP contribution >= 0.6 is 0 Å². The number of nitrogens with zero attached hydrogens (tertiary/aromatic N) is 1. The van der Waals surface area contributed by atoms with Crippen LogP contribution in [0.15, 0.2) is 34.2 Å². The number of oxazole rings is 1. The zero-order chi connectivity index (χ0) is 16.4. The molecular formula is C16H17NO5. The molecule has 0 aromatic carbocycles. The molecule has 1 aliphatic carbocycles. The van der Waals surface area contributed by atoms with Crippen LogP contribution in [0.5, 0.6) is 0 Å². The molecule has 1 N–H and O–H groups in total. The van der Waals surface area contributed by atoms with Gasteiger partial charge in [0, 0.05) is 11.5 Å². The molecule has 0 bridgehead atoms. The maximum atomic E-state index is 12.3. The van der Waals surface area contributed by atoms with Crippen LogP contribution in [0.1, 0.15) is 48.8 Å². The first-order valence-corrected chi connectivity index (χ1v) is 6.78. The first-order chi connectivity index (χ1) is 10.4. The lowest BCUT2D eigenvalue weighted by molar-refractivity contribution is -0.111. The zero-order valence-corrected chi connectivity index (χ0v) is 12.8. The summed E-state index contributed by atoms with van der Waals surface area (Å²) in [5, 5.41) is 8.80. The van der Waals surface area contributed by atoms with Crippen molar-refractivity contribution < 1.29 is 23.8 Å². The molecular weight excluding hydrogens is 286 g/mol. The summed E-state index contributed by atoms with van der Waals surface area (Å²) in [5.74, 6) is -0.429. The van der Waals surface area contributed by atoms with Crippen molar-refractivity contribution in [1.29, 1.82) is 0 Å². The Morgan fingerprint density at radius 2 is 2.00 bits per heavy atom. The van der Waals surface area contributed by atoms with E-state index in [4.69, 9.17) is 14.3 Å². The average Bonchev–Trinajstić information content (AvgIpc) is 2.94. The van der Waals surface area contributed by atoms with E-state index in [2.05, 4.69) is 4.98 Å². The van der Waals surface area contributed by atoms with Crippen molar-refractivity contribution >= 4 is 17.1 Å². The van der Waals surface area contributed by atoms with Gasteiger partial charge < -0.3 is 14.3 Å². The number of aliphatic hydroxyl groups is 1. The Balaban J connectivity index is 2.78. The summed E-state index contributed by atoms with van der Waals surface area (Å²) in [6, 6.07) is 0. The first kappa shape index (κ1) is 15.8. The second-order valence-electron chi connectivity index (χ2n) is 5.10. The molecule has 0 spiro atoms. The number of methoxy groups -OCH3 is 1. The fourth-order valence-electron chi connectivity index (χ4n) is 2.12. The Labute approximate surface area is 127 Å². The van der Waals surface area contributed by atoms with Crippen molar-refractivity contribution in [3.63, 3.8) is 0 Å². The fraction of sp³-hybridized carbons (Fsp3) is 0.312. The molecule has 0 unspecified atom stereocenters. The molecule has 0 saturated heterocycles. The number of rotatable bonds is 3. The van der Waals surface area contributed by atoms with E-state index >= 15 is 0 Å². The second kappa shape index (κ2) is 6.01. The van der Waals surface area contributed by atoms with Crippen LogP contribution in [0.25, 0.3) is 5.57 Å². The Hall–Kier alpha value is -2.63. The van der Waals surface area contributed by atoms with Gasteiger partial charge in [0.15, 0.2) is 17.3 Å². The molecule has 0 fully saturated rings. The maximum absolute atomic E-state index is 12.3. The molecule has 116 valence electrons. The molecule has 1 aliphatic rings. The molecule has 1 heterocycles. The van der Waals surface area contributed by atoms with Gasteiger partial charge in [0.25, 0.3) is 5.78 Å². The molecule has 0 amide bonds. The normalized spacial score (nSPS) is 19.2. The standard InChI is InChI=1S/C16H17NO5/c1-8(2)16-17-12-14(20)13(19)10(6-5-7-18)11(9(3)21-4)15(12)22-16/h5-8,18H,1-4H3/b7-5+,10-6+,11-9-. The maximum Gasteiger partial charge on any atom is 0.255 e. The van der Waals surface area contributed by atoms with Gasteiger partial charge in [-0.15, -0.1) is 0 Å². The number of ether oxygens (including phenoxy) is 1. The second-order valence-corrected chi connectivity index (χ2v) is 5.10. The molecule has 0 atom stereocenters. The molecule has 6 heteroatoms. The predicted octanol–water partition coefficient (Wildman–Crippen LogP) is 2.94. The number of carbonyl (C=O) groups excluding carboxylic acids is 2. The highest BCUT2D eigenvalue weighted by Crippen LogP contribution is 2.37. The number of hydrogen-bond acceptors (Lipinski definition) is 6. The minimum Gasteiger partial charge on any atom is -0.516 e. The highest BCUT2D eigenvalue weighted by molar-refractivity contribution is 6.54. The van der Waals surface area contributed by atoms with E-state index in [9.17, 15) is 9.59 Å². The topological polar surface area (TPSA) is 89.6 Å². The minimum atomic E-state index is -0.726. The number of Topliss-reactive ketones (excluding diaryl/α,β-unsaturated/α-hetero) is 2. The summed E-state index contributed by atoms with van der Waals surface area (Å²) in [6.45, 7) is 5.42. The smallest absolute Gasteiger partial charge is 0.255 e. The number of aromatic nitrogens is 1. The van der Waals surface area contributed by atoms with Crippen molar-refractivity contribution in [1.82, 2.24) is 4.98 Å². The Kier molecular flexibility index (Phi) is 4.30. The van der Waals surface area contributed by atoms with E-state index in [1.807, 2.05) is 13.8 Å². The summed E-state index contributed by atoms with van der Waals surface area (Å²) in [5.41, 5.74) is 0.485. The van der Waals surface area contributed by atoms with Gasteiger partial charge in [0.2, 0.25) is 5.78 Å². The lowest BCUT2D eigenvalue weighted by atomic mass is 9.87. The van der Waals surface area contributed by atoms with E-state index in [-0.39, 0.29) is 22.9 Å². The average molecular weight is 303 g/mol. The summed E-state index contributed by atoms with van der Waals surface area (Å²) in [7, 11) is 1.46. The molecule has 0 radical (unpaired) electrons. The van der Waals surface area contributed by atoms with Gasteiger partial charge in [-0.25, -0.2) is 4.98 Å². The summed E-state index contributed by atoms with van der Waals surface area (Å²) in [4.78, 5) is 28.7. The van der Waals surface area contributed by atoms with Gasteiger partial charge >= 0.3 is 0 Å². The van der Waals surface area contributed by atoms with E-state index < -0.39 is 11.6 Å². The van der Waals surface area contributed by atoms with Gasteiger partial charge in [-0.3, -0.25) is 9.59 Å². The third kappa shape index (κ3) is 2.47. The van der Waals surface area contributed by atoms with Gasteiger partial charge in [-0.05, 0) is 19.1 Å². The van der Waals surface area contributed by atoms with Crippen LogP contribution in [0.2, 0.25) is 0 Å². The van der Waals surface area contributed by atoms with Crippen LogP contribution in [0.4, 0.5) is 0 Å². The quantitative estimate of drug-likeness (QED) is 0.524. The van der Waals surface area contributed by atoms with Gasteiger partial charge in [-0.1, -0.05) is 13.8 Å². The van der Waals surface area contributed by atoms with E-state index in [1.54, 1.807) is 6.92 Å². The van der Waals surface area contributed by atoms with E-state index in [0.29, 0.717) is 17.2 Å². The molecule has 1 aromatic rings. The van der Waals surface area contributed by atoms with Crippen LogP contribution < -0.4 is 0 Å². The van der Waals surface area contributed by atoms with Crippen LogP contribution in [0.3, 0.4) is 0 Å². The third-order valence-corrected chi connectivity index (χ3v) is 3.31. The number of carbonyl (C=O) groups is 2. The summed E-state index contributed by atoms with van der Waals surface area (Å²) < 4.78 is 10.9. The Morgan fingerprint density at radius 3 is 2.55 bits per heavy atom. The predicted molar refractivity (Wildman–Crippen MR) is 79.4 cm³/mol. The van der Waals surface area contributed by atoms with Crippen molar-refractivity contribution in [2.45, 2.75) is 26.7 Å². The number of ketones is 2. The molecule has 22 heavy (non-hydrogen) atoms. The number of aliphatic hydroxyl groups excluding tert-OH is 1. The molecule has 6 nitrogen and oxygen atoms in total. The van der Waals surface area contributed by atoms with Gasteiger partial charge in [0.1, 0.15) is 5.76 Å². The Morgan fingerprint density at radius 1 is 1.32 bits per heavy atom. The number of fused-ring (bicyclic) bond motifs is 1. The van der Waals surface area contributed by atoms with Gasteiger partial charge in [-0.2, -0.15) is 0 Å². The van der Waals surface area contributed by atoms with Crippen molar-refractivity contribution in [3.8, 4) is 0 Å². The van der Waals surface area contributed by atoms with E-state index in [1.165, 1.54) is 19.3 Å². The highest BCUT2D eigenvalue weighted by atomic mass is 16.5. The van der Waals surface area contributed by atoms with Crippen LogP contribution in [-0.2, 0) is 9.53 Å². The summed E-state index contributed by atoms with van der Waals surface area (Å²) in [6.07, 6.45) is 3.38. The van der Waals surface area contributed by atoms with Crippen LogP contribution in [-0.4, -0.2) is 28.8 Å². The SMILES string of the molecule is CO/C(C)=C1/C(=C\C=C\O)C(=O)C(=O)c2nc(C(C)C)oc21. The molecule has 2 rings (SSSR count). The third-order valence-electron chi connectivity index (χ3n) is 3.31. The number of hydrogen-bond donors (Lipinski definition) is 1. The Bertz CT molecular complexity index is 719. The lowest BCUT2D eigenvalue weighted by Crippen LogP contribution is -2.24. The largest absolute Gasteiger partial charge is 0.516 e. The van der Waals surface area contributed by atoms with Crippen molar-refractivity contribution in [3.05, 3.63) is 47.1 Å². The van der Waals surface area contributed by atoms with Gasteiger partial charge in [0.05, 0.1) is 18.9 Å². The van der Waals surface area contributed by atoms with Crippen molar-refractivity contribution in [2.24, 2.45) is 0 Å². The minimum absolute atomic E-state index is 0.00484. The van der Waals surface area contributed by atoms with E-state index in [0.717, 1.165) is 6.26 Å². The molecule has 1 aromatic heterocycles.